The van der Waals surface area contributed by atoms with Crippen LogP contribution in [0.1, 0.15) is 30.8 Å². The van der Waals surface area contributed by atoms with Crippen molar-refractivity contribution in [3.63, 3.8) is 0 Å². The lowest BCUT2D eigenvalue weighted by Crippen LogP contribution is -2.42. The van der Waals surface area contributed by atoms with E-state index >= 15 is 0 Å². The maximum absolute atomic E-state index is 12.7. The minimum Gasteiger partial charge on any atom is -0.497 e. The second-order valence-corrected chi connectivity index (χ2v) is 6.41. The molecule has 2 heterocycles. The van der Waals surface area contributed by atoms with E-state index in [2.05, 4.69) is 18.8 Å². The highest BCUT2D eigenvalue weighted by atomic mass is 16.5. The fraction of sp³-hybridized carbons (Fsp3) is 0.444. The number of likely N-dealkylation sites (tertiary alicyclic amines) is 1. The van der Waals surface area contributed by atoms with Crippen molar-refractivity contribution in [3.8, 4) is 5.75 Å². The smallest absolute Gasteiger partial charge is 0.272 e. The van der Waals surface area contributed by atoms with Gasteiger partial charge in [-0.1, -0.05) is 19.9 Å². The van der Waals surface area contributed by atoms with Crippen LogP contribution in [0, 0.1) is 11.8 Å². The van der Waals surface area contributed by atoms with Gasteiger partial charge in [0.2, 0.25) is 0 Å². The molecule has 1 amide bonds. The van der Waals surface area contributed by atoms with Crippen LogP contribution in [0.2, 0.25) is 0 Å². The Morgan fingerprint density at radius 3 is 2.59 bits per heavy atom. The van der Waals surface area contributed by atoms with Gasteiger partial charge < -0.3 is 9.64 Å². The van der Waals surface area contributed by atoms with E-state index in [9.17, 15) is 4.79 Å². The molecule has 2 aromatic rings. The summed E-state index contributed by atoms with van der Waals surface area (Å²) < 4.78 is 5.22. The molecule has 0 spiro atoms. The van der Waals surface area contributed by atoms with Gasteiger partial charge in [0.25, 0.3) is 5.91 Å². The minimum atomic E-state index is 0.0381. The first-order chi connectivity index (χ1) is 10.6. The van der Waals surface area contributed by atoms with Gasteiger partial charge in [-0.25, -0.2) is 4.98 Å². The number of nitrogens with zero attached hydrogens (tertiary/aromatic N) is 2. The van der Waals surface area contributed by atoms with E-state index in [1.807, 2.05) is 35.2 Å². The number of amides is 1. The molecule has 0 bridgehead atoms. The second-order valence-electron chi connectivity index (χ2n) is 6.41. The minimum absolute atomic E-state index is 0.0381. The summed E-state index contributed by atoms with van der Waals surface area (Å²) in [6.07, 6.45) is 1.19. The maximum Gasteiger partial charge on any atom is 0.272 e. The summed E-state index contributed by atoms with van der Waals surface area (Å²) in [5.41, 5.74) is 1.35. The van der Waals surface area contributed by atoms with Crippen LogP contribution in [0.25, 0.3) is 10.9 Å². The average molecular weight is 298 g/mol. The third-order valence-electron chi connectivity index (χ3n) is 4.27. The summed E-state index contributed by atoms with van der Waals surface area (Å²) in [6, 6.07) is 9.45. The van der Waals surface area contributed by atoms with Crippen LogP contribution in [0.15, 0.2) is 30.3 Å². The SMILES string of the molecule is COc1ccc2nc(C(=O)N3CC(C)CC(C)C3)ccc2c1. The molecular weight excluding hydrogens is 276 g/mol. The molecule has 1 aliphatic heterocycles. The first-order valence-corrected chi connectivity index (χ1v) is 7.81. The highest BCUT2D eigenvalue weighted by Crippen LogP contribution is 2.24. The molecule has 1 saturated heterocycles. The molecule has 22 heavy (non-hydrogen) atoms. The summed E-state index contributed by atoms with van der Waals surface area (Å²) in [5.74, 6) is 1.94. The highest BCUT2D eigenvalue weighted by molar-refractivity contribution is 5.95. The van der Waals surface area contributed by atoms with E-state index in [1.54, 1.807) is 7.11 Å². The van der Waals surface area contributed by atoms with E-state index in [-0.39, 0.29) is 5.91 Å². The monoisotopic (exact) mass is 298 g/mol. The molecule has 1 aromatic carbocycles. The highest BCUT2D eigenvalue weighted by Gasteiger charge is 2.26. The van der Waals surface area contributed by atoms with Crippen LogP contribution in [0.5, 0.6) is 5.75 Å². The lowest BCUT2D eigenvalue weighted by molar-refractivity contribution is 0.0617. The molecule has 2 unspecified atom stereocenters. The number of methoxy groups -OCH3 is 1. The Bertz CT molecular complexity index is 689. The third-order valence-corrected chi connectivity index (χ3v) is 4.27. The van der Waals surface area contributed by atoms with Gasteiger partial charge in [-0.2, -0.15) is 0 Å². The normalized spacial score (nSPS) is 21.9. The summed E-state index contributed by atoms with van der Waals surface area (Å²) in [5, 5.41) is 0.983. The van der Waals surface area contributed by atoms with E-state index in [1.165, 1.54) is 6.42 Å². The Morgan fingerprint density at radius 2 is 1.91 bits per heavy atom. The van der Waals surface area contributed by atoms with Gasteiger partial charge >= 0.3 is 0 Å². The lowest BCUT2D eigenvalue weighted by atomic mass is 9.92. The van der Waals surface area contributed by atoms with Crippen molar-refractivity contribution < 1.29 is 9.53 Å². The number of hydrogen-bond acceptors (Lipinski definition) is 3. The quantitative estimate of drug-likeness (QED) is 0.853. The Hall–Kier alpha value is -2.10. The number of fused-ring (bicyclic) bond motifs is 1. The lowest BCUT2D eigenvalue weighted by Gasteiger charge is -2.34. The first-order valence-electron chi connectivity index (χ1n) is 7.81. The third kappa shape index (κ3) is 2.91. The van der Waals surface area contributed by atoms with Crippen molar-refractivity contribution in [1.82, 2.24) is 9.88 Å². The largest absolute Gasteiger partial charge is 0.497 e. The van der Waals surface area contributed by atoms with Gasteiger partial charge in [-0.15, -0.1) is 0 Å². The number of benzene rings is 1. The molecule has 3 rings (SSSR count). The van der Waals surface area contributed by atoms with Crippen molar-refractivity contribution in [2.45, 2.75) is 20.3 Å². The van der Waals surface area contributed by atoms with Gasteiger partial charge in [0.05, 0.1) is 12.6 Å². The standard InChI is InChI=1S/C18H22N2O2/c1-12-8-13(2)11-20(10-12)18(21)17-6-4-14-9-15(22-3)5-7-16(14)19-17/h4-7,9,12-13H,8,10-11H2,1-3H3. The second kappa shape index (κ2) is 5.95. The molecule has 4 nitrogen and oxygen atoms in total. The van der Waals surface area contributed by atoms with Gasteiger partial charge in [0.15, 0.2) is 0 Å². The molecule has 0 saturated carbocycles. The van der Waals surface area contributed by atoms with Crippen molar-refractivity contribution in [2.24, 2.45) is 11.8 Å². The van der Waals surface area contributed by atoms with Gasteiger partial charge in [-0.05, 0) is 42.5 Å². The fourth-order valence-electron chi connectivity index (χ4n) is 3.34. The van der Waals surface area contributed by atoms with Crippen molar-refractivity contribution in [3.05, 3.63) is 36.0 Å². The number of carbonyl (C=O) groups is 1. The van der Waals surface area contributed by atoms with Gasteiger partial charge in [-0.3, -0.25) is 4.79 Å². The number of piperidine rings is 1. The molecule has 4 heteroatoms. The molecule has 1 aromatic heterocycles. The number of rotatable bonds is 2. The van der Waals surface area contributed by atoms with Crippen LogP contribution in [0.3, 0.4) is 0 Å². The Labute approximate surface area is 131 Å². The van der Waals surface area contributed by atoms with E-state index < -0.39 is 0 Å². The zero-order valence-corrected chi connectivity index (χ0v) is 13.4. The predicted molar refractivity (Wildman–Crippen MR) is 87.1 cm³/mol. The van der Waals surface area contributed by atoms with Crippen molar-refractivity contribution in [1.29, 1.82) is 0 Å². The number of ether oxygens (including phenoxy) is 1. The maximum atomic E-state index is 12.7. The zero-order valence-electron chi connectivity index (χ0n) is 13.4. The van der Waals surface area contributed by atoms with Crippen molar-refractivity contribution in [2.75, 3.05) is 20.2 Å². The predicted octanol–water partition coefficient (Wildman–Crippen LogP) is 3.36. The average Bonchev–Trinajstić information content (AvgIpc) is 2.52. The van der Waals surface area contributed by atoms with Crippen LogP contribution in [-0.4, -0.2) is 36.0 Å². The number of hydrogen-bond donors (Lipinski definition) is 0. The van der Waals surface area contributed by atoms with Gasteiger partial charge in [0.1, 0.15) is 11.4 Å². The summed E-state index contributed by atoms with van der Waals surface area (Å²) in [7, 11) is 1.64. The number of aromatic nitrogens is 1. The zero-order chi connectivity index (χ0) is 15.7. The number of carbonyl (C=O) groups excluding carboxylic acids is 1. The van der Waals surface area contributed by atoms with Gasteiger partial charge in [0, 0.05) is 18.5 Å². The van der Waals surface area contributed by atoms with Crippen LogP contribution < -0.4 is 4.74 Å². The van der Waals surface area contributed by atoms with Crippen molar-refractivity contribution >= 4 is 16.8 Å². The summed E-state index contributed by atoms with van der Waals surface area (Å²) >= 11 is 0. The molecule has 0 radical (unpaired) electrons. The summed E-state index contributed by atoms with van der Waals surface area (Å²) in [6.45, 7) is 6.06. The molecule has 1 aliphatic rings. The van der Waals surface area contributed by atoms with E-state index in [4.69, 9.17) is 4.74 Å². The molecule has 0 N–H and O–H groups in total. The van der Waals surface area contributed by atoms with E-state index in [0.29, 0.717) is 17.5 Å². The van der Waals surface area contributed by atoms with Crippen LogP contribution in [0.4, 0.5) is 0 Å². The fourth-order valence-corrected chi connectivity index (χ4v) is 3.34. The molecular formula is C18H22N2O2. The molecule has 2 atom stereocenters. The Morgan fingerprint density at radius 1 is 1.18 bits per heavy atom. The van der Waals surface area contributed by atoms with Crippen LogP contribution >= 0.6 is 0 Å². The molecule has 0 aliphatic carbocycles. The molecule has 116 valence electrons. The van der Waals surface area contributed by atoms with E-state index in [0.717, 1.165) is 29.7 Å². The molecule has 1 fully saturated rings. The van der Waals surface area contributed by atoms with Crippen LogP contribution in [-0.2, 0) is 0 Å². The Kier molecular flexibility index (Phi) is 4.01. The summed E-state index contributed by atoms with van der Waals surface area (Å²) in [4.78, 5) is 19.2. The topological polar surface area (TPSA) is 42.4 Å². The number of pyridine rings is 1. The Balaban J connectivity index is 1.87. The first kappa shape index (κ1) is 14.8.